The average Bonchev–Trinajstić information content (AvgIpc) is 2.49. The number of benzene rings is 1. The minimum Gasteiger partial charge on any atom is -0.468 e. The second kappa shape index (κ2) is 6.20. The molecule has 0 bridgehead atoms. The lowest BCUT2D eigenvalue weighted by atomic mass is 9.75. The molecule has 1 aliphatic heterocycles. The summed E-state index contributed by atoms with van der Waals surface area (Å²) in [5, 5.41) is 10.2. The van der Waals surface area contributed by atoms with E-state index >= 15 is 0 Å². The lowest BCUT2D eigenvalue weighted by molar-refractivity contribution is -0.182. The number of methoxy groups -OCH3 is 1. The van der Waals surface area contributed by atoms with E-state index in [-0.39, 0.29) is 0 Å². The summed E-state index contributed by atoms with van der Waals surface area (Å²) in [6.07, 6.45) is 2.87. The first-order valence-electron chi connectivity index (χ1n) is 6.70. The van der Waals surface area contributed by atoms with Gasteiger partial charge in [-0.05, 0) is 18.9 Å². The zero-order valence-corrected chi connectivity index (χ0v) is 11.8. The molecule has 1 aromatic rings. The van der Waals surface area contributed by atoms with E-state index in [9.17, 15) is 9.90 Å². The van der Waals surface area contributed by atoms with Gasteiger partial charge < -0.3 is 14.6 Å². The fourth-order valence-corrected chi connectivity index (χ4v) is 2.46. The van der Waals surface area contributed by atoms with E-state index in [2.05, 4.69) is 0 Å². The third-order valence-electron chi connectivity index (χ3n) is 3.86. The summed E-state index contributed by atoms with van der Waals surface area (Å²) in [6.45, 7) is 2.11. The van der Waals surface area contributed by atoms with Crippen LogP contribution in [0.15, 0.2) is 36.4 Å². The molecule has 1 aromatic carbocycles. The molecule has 0 saturated carbocycles. The Morgan fingerprint density at radius 3 is 2.80 bits per heavy atom. The second-order valence-corrected chi connectivity index (χ2v) is 5.14. The highest BCUT2D eigenvalue weighted by Gasteiger charge is 2.50. The van der Waals surface area contributed by atoms with Gasteiger partial charge in [-0.15, -0.1) is 0 Å². The SMILES string of the molecule is COC(=O)[C@]1(C)[C@H](O)CCO[C@@H]1/C=C/c1ccccc1. The van der Waals surface area contributed by atoms with E-state index in [0.717, 1.165) is 5.56 Å². The summed E-state index contributed by atoms with van der Waals surface area (Å²) >= 11 is 0. The quantitative estimate of drug-likeness (QED) is 0.858. The monoisotopic (exact) mass is 276 g/mol. The van der Waals surface area contributed by atoms with Crippen LogP contribution in [0.5, 0.6) is 0 Å². The zero-order valence-electron chi connectivity index (χ0n) is 11.8. The van der Waals surface area contributed by atoms with Crippen molar-refractivity contribution < 1.29 is 19.4 Å². The van der Waals surface area contributed by atoms with Gasteiger partial charge in [-0.3, -0.25) is 4.79 Å². The van der Waals surface area contributed by atoms with Crippen molar-refractivity contribution in [2.45, 2.75) is 25.6 Å². The van der Waals surface area contributed by atoms with E-state index in [1.807, 2.05) is 42.5 Å². The Kier molecular flexibility index (Phi) is 4.57. The van der Waals surface area contributed by atoms with Crippen molar-refractivity contribution in [1.29, 1.82) is 0 Å². The Morgan fingerprint density at radius 1 is 1.45 bits per heavy atom. The predicted molar refractivity (Wildman–Crippen MR) is 76.0 cm³/mol. The van der Waals surface area contributed by atoms with Gasteiger partial charge in [0.05, 0.1) is 19.3 Å². The van der Waals surface area contributed by atoms with E-state index in [1.165, 1.54) is 7.11 Å². The molecule has 3 atom stereocenters. The molecule has 0 radical (unpaired) electrons. The second-order valence-electron chi connectivity index (χ2n) is 5.14. The minimum atomic E-state index is -1.07. The molecule has 4 nitrogen and oxygen atoms in total. The molecule has 1 N–H and O–H groups in total. The number of aliphatic hydroxyl groups is 1. The van der Waals surface area contributed by atoms with Gasteiger partial charge in [0, 0.05) is 6.61 Å². The van der Waals surface area contributed by atoms with Gasteiger partial charge in [-0.2, -0.15) is 0 Å². The van der Waals surface area contributed by atoms with Crippen LogP contribution < -0.4 is 0 Å². The van der Waals surface area contributed by atoms with Crippen LogP contribution >= 0.6 is 0 Å². The molecule has 4 heteroatoms. The predicted octanol–water partition coefficient (Wildman–Crippen LogP) is 2.03. The topological polar surface area (TPSA) is 55.8 Å². The fraction of sp³-hybridized carbons (Fsp3) is 0.438. The van der Waals surface area contributed by atoms with Gasteiger partial charge in [0.25, 0.3) is 0 Å². The van der Waals surface area contributed by atoms with Gasteiger partial charge >= 0.3 is 5.97 Å². The maximum Gasteiger partial charge on any atom is 0.317 e. The van der Waals surface area contributed by atoms with Gasteiger partial charge in [0.15, 0.2) is 0 Å². The lowest BCUT2D eigenvalue weighted by Gasteiger charge is -2.41. The van der Waals surface area contributed by atoms with Crippen LogP contribution in [-0.2, 0) is 14.3 Å². The van der Waals surface area contributed by atoms with Crippen molar-refractivity contribution in [1.82, 2.24) is 0 Å². The number of hydrogen-bond donors (Lipinski definition) is 1. The van der Waals surface area contributed by atoms with Crippen LogP contribution in [0.4, 0.5) is 0 Å². The third-order valence-corrected chi connectivity index (χ3v) is 3.86. The van der Waals surface area contributed by atoms with Crippen molar-refractivity contribution in [3.05, 3.63) is 42.0 Å². The summed E-state index contributed by atoms with van der Waals surface area (Å²) in [4.78, 5) is 12.0. The van der Waals surface area contributed by atoms with Crippen LogP contribution in [0.1, 0.15) is 18.9 Å². The van der Waals surface area contributed by atoms with Gasteiger partial charge in [0.1, 0.15) is 5.41 Å². The summed E-state index contributed by atoms with van der Waals surface area (Å²) in [5.41, 5.74) is -0.0541. The first kappa shape index (κ1) is 14.8. The number of rotatable bonds is 3. The first-order chi connectivity index (χ1) is 9.59. The Bertz CT molecular complexity index is 483. The van der Waals surface area contributed by atoms with Crippen LogP contribution in [-0.4, -0.2) is 37.0 Å². The van der Waals surface area contributed by atoms with Crippen LogP contribution in [0.2, 0.25) is 0 Å². The molecule has 1 heterocycles. The number of esters is 1. The number of aliphatic hydroxyl groups excluding tert-OH is 1. The summed E-state index contributed by atoms with van der Waals surface area (Å²) in [7, 11) is 1.33. The number of carbonyl (C=O) groups is 1. The molecule has 1 saturated heterocycles. The van der Waals surface area contributed by atoms with Crippen molar-refractivity contribution in [2.75, 3.05) is 13.7 Å². The Labute approximate surface area is 119 Å². The molecule has 0 amide bonds. The smallest absolute Gasteiger partial charge is 0.317 e. The van der Waals surface area contributed by atoms with Crippen molar-refractivity contribution in [3.8, 4) is 0 Å². The highest BCUT2D eigenvalue weighted by Crippen LogP contribution is 2.36. The van der Waals surface area contributed by atoms with Crippen molar-refractivity contribution in [3.63, 3.8) is 0 Å². The molecule has 0 aliphatic carbocycles. The standard InChI is InChI=1S/C16H20O4/c1-16(15(18)19-2)13(17)10-11-20-14(16)9-8-12-6-4-3-5-7-12/h3-9,13-14,17H,10-11H2,1-2H3/b9-8+/t13-,14-,16-/m1/s1. The maximum absolute atomic E-state index is 12.0. The summed E-state index contributed by atoms with van der Waals surface area (Å²) < 4.78 is 10.5. The maximum atomic E-state index is 12.0. The molecule has 0 unspecified atom stereocenters. The normalized spacial score (nSPS) is 30.4. The first-order valence-corrected chi connectivity index (χ1v) is 6.70. The van der Waals surface area contributed by atoms with Gasteiger partial charge in [0.2, 0.25) is 0 Å². The molecular formula is C16H20O4. The van der Waals surface area contributed by atoms with Crippen LogP contribution in [0.3, 0.4) is 0 Å². The van der Waals surface area contributed by atoms with E-state index in [1.54, 1.807) is 6.92 Å². The minimum absolute atomic E-state index is 0.428. The number of carbonyl (C=O) groups excluding carboxylic acids is 1. The highest BCUT2D eigenvalue weighted by atomic mass is 16.5. The summed E-state index contributed by atoms with van der Waals surface area (Å²) in [5.74, 6) is -0.451. The molecule has 0 spiro atoms. The highest BCUT2D eigenvalue weighted by molar-refractivity contribution is 5.78. The molecular weight excluding hydrogens is 256 g/mol. The van der Waals surface area contributed by atoms with E-state index < -0.39 is 23.6 Å². The fourth-order valence-electron chi connectivity index (χ4n) is 2.46. The van der Waals surface area contributed by atoms with E-state index in [0.29, 0.717) is 13.0 Å². The van der Waals surface area contributed by atoms with Crippen molar-refractivity contribution in [2.24, 2.45) is 5.41 Å². The molecule has 0 aromatic heterocycles. The van der Waals surface area contributed by atoms with Crippen LogP contribution in [0, 0.1) is 5.41 Å². The Hall–Kier alpha value is -1.65. The molecule has 2 rings (SSSR count). The molecule has 1 aliphatic rings. The zero-order chi connectivity index (χ0) is 14.6. The van der Waals surface area contributed by atoms with Gasteiger partial charge in [-0.25, -0.2) is 0 Å². The average molecular weight is 276 g/mol. The Balaban J connectivity index is 2.23. The Morgan fingerprint density at radius 2 is 2.15 bits per heavy atom. The molecule has 1 fully saturated rings. The largest absolute Gasteiger partial charge is 0.468 e. The van der Waals surface area contributed by atoms with Crippen LogP contribution in [0.25, 0.3) is 6.08 Å². The number of ether oxygens (including phenoxy) is 2. The lowest BCUT2D eigenvalue weighted by Crippen LogP contribution is -2.53. The molecule has 108 valence electrons. The summed E-state index contributed by atoms with van der Waals surface area (Å²) in [6, 6.07) is 9.75. The molecule has 20 heavy (non-hydrogen) atoms. The van der Waals surface area contributed by atoms with Gasteiger partial charge in [-0.1, -0.05) is 42.5 Å². The number of hydrogen-bond acceptors (Lipinski definition) is 4. The third kappa shape index (κ3) is 2.76. The van der Waals surface area contributed by atoms with Crippen molar-refractivity contribution >= 4 is 12.0 Å². The van der Waals surface area contributed by atoms with E-state index in [4.69, 9.17) is 9.47 Å².